The molecule has 0 bridgehead atoms. The Bertz CT molecular complexity index is 3480. The van der Waals surface area contributed by atoms with Crippen molar-refractivity contribution in [2.24, 2.45) is 11.8 Å². The molecule has 4 heteroatoms. The van der Waals surface area contributed by atoms with Crippen LogP contribution in [0.5, 0.6) is 0 Å². The van der Waals surface area contributed by atoms with Gasteiger partial charge in [0, 0.05) is 74.2 Å². The third-order valence-corrected chi connectivity index (χ3v) is 14.0. The fourth-order valence-electron chi connectivity index (χ4n) is 10.4. The van der Waals surface area contributed by atoms with Crippen LogP contribution in [0, 0.1) is 11.8 Å². The first-order valence-electron chi connectivity index (χ1n) is 24.8. The smallest absolute Gasteiger partial charge is 0.0468 e. The molecular weight excluding hydrogens is 861 g/mol. The SMILES string of the molecule is CC1C=Cc2ccc(N(c3ccccc3)c3ccc(N(c4ccc(N(C5=CCC6C=CC=CC6=C5)c5ccccc5)cc4)c4ccc(N(c5ccccc5)c5ccc6ccccc6c5)cc4)cc3)cc2C1. The number of benzene rings is 9. The molecule has 0 amide bonds. The Kier molecular flexibility index (Phi) is 11.8. The van der Waals surface area contributed by atoms with E-state index >= 15 is 0 Å². The van der Waals surface area contributed by atoms with Gasteiger partial charge in [-0.1, -0.05) is 140 Å². The van der Waals surface area contributed by atoms with Crippen LogP contribution >= 0.6 is 0 Å². The highest BCUT2D eigenvalue weighted by Gasteiger charge is 2.23. The van der Waals surface area contributed by atoms with Gasteiger partial charge in [-0.05, 0) is 186 Å². The first-order valence-corrected chi connectivity index (χ1v) is 24.8. The summed E-state index contributed by atoms with van der Waals surface area (Å²) in [5.74, 6) is 0.931. The summed E-state index contributed by atoms with van der Waals surface area (Å²) in [5.41, 5.74) is 17.3. The second-order valence-electron chi connectivity index (χ2n) is 18.7. The molecule has 0 saturated heterocycles. The summed E-state index contributed by atoms with van der Waals surface area (Å²) in [5, 5.41) is 2.43. The second kappa shape index (κ2) is 19.3. The van der Waals surface area contributed by atoms with Crippen LogP contribution in [0.2, 0.25) is 0 Å². The van der Waals surface area contributed by atoms with E-state index in [-0.39, 0.29) is 0 Å². The minimum atomic E-state index is 0.418. The Morgan fingerprint density at radius 3 is 1.37 bits per heavy atom. The fraction of sp³-hybridized carbons (Fsp3) is 0.0746. The summed E-state index contributed by atoms with van der Waals surface area (Å²) in [6, 6.07) is 81.4. The Hall–Kier alpha value is -8.86. The molecule has 342 valence electrons. The normalized spacial score (nSPS) is 15.6. The summed E-state index contributed by atoms with van der Waals surface area (Å²) >= 11 is 0. The van der Waals surface area contributed by atoms with Gasteiger partial charge in [-0.2, -0.15) is 0 Å². The van der Waals surface area contributed by atoms with Crippen LogP contribution < -0.4 is 19.6 Å². The van der Waals surface area contributed by atoms with Crippen LogP contribution in [0.25, 0.3) is 16.8 Å². The predicted molar refractivity (Wildman–Crippen MR) is 301 cm³/mol. The van der Waals surface area contributed by atoms with Crippen molar-refractivity contribution in [2.75, 3.05) is 19.6 Å². The molecule has 71 heavy (non-hydrogen) atoms. The summed E-state index contributed by atoms with van der Waals surface area (Å²) in [6.45, 7) is 2.29. The van der Waals surface area contributed by atoms with Gasteiger partial charge in [0.15, 0.2) is 0 Å². The van der Waals surface area contributed by atoms with Crippen molar-refractivity contribution in [3.05, 3.63) is 289 Å². The van der Waals surface area contributed by atoms with Crippen molar-refractivity contribution in [1.29, 1.82) is 0 Å². The van der Waals surface area contributed by atoms with Gasteiger partial charge in [0.25, 0.3) is 0 Å². The summed E-state index contributed by atoms with van der Waals surface area (Å²) in [6.07, 6.45) is 20.2. The van der Waals surface area contributed by atoms with Gasteiger partial charge in [-0.25, -0.2) is 0 Å². The minimum absolute atomic E-state index is 0.418. The third kappa shape index (κ3) is 8.88. The molecule has 0 heterocycles. The van der Waals surface area contributed by atoms with E-state index in [1.54, 1.807) is 0 Å². The molecular formula is C67H54N4. The summed E-state index contributed by atoms with van der Waals surface area (Å²) in [7, 11) is 0. The fourth-order valence-corrected chi connectivity index (χ4v) is 10.4. The lowest BCUT2D eigenvalue weighted by molar-refractivity contribution is 0.717. The van der Waals surface area contributed by atoms with E-state index < -0.39 is 0 Å². The lowest BCUT2D eigenvalue weighted by atomic mass is 9.87. The zero-order valence-electron chi connectivity index (χ0n) is 39.8. The molecule has 2 atom stereocenters. The molecule has 0 N–H and O–H groups in total. The zero-order valence-corrected chi connectivity index (χ0v) is 39.8. The van der Waals surface area contributed by atoms with E-state index in [1.165, 1.54) is 33.2 Å². The number of allylic oxidation sites excluding steroid dienone is 8. The van der Waals surface area contributed by atoms with Crippen LogP contribution in [0.3, 0.4) is 0 Å². The number of fused-ring (bicyclic) bond motifs is 3. The molecule has 0 radical (unpaired) electrons. The Labute approximate surface area is 418 Å². The maximum atomic E-state index is 2.38. The summed E-state index contributed by atoms with van der Waals surface area (Å²) in [4.78, 5) is 9.47. The molecule has 3 aliphatic rings. The number of nitrogens with zero attached hydrogens (tertiary/aromatic N) is 4. The molecule has 9 aromatic carbocycles. The van der Waals surface area contributed by atoms with E-state index in [0.717, 1.165) is 75.4 Å². The lowest BCUT2D eigenvalue weighted by Crippen LogP contribution is -2.19. The average molecular weight is 915 g/mol. The van der Waals surface area contributed by atoms with Crippen molar-refractivity contribution in [1.82, 2.24) is 0 Å². The molecule has 0 fully saturated rings. The lowest BCUT2D eigenvalue weighted by Gasteiger charge is -2.32. The standard InChI is InChI=1S/C67H54N4/c1-49-25-26-52-29-32-67(48-55(52)45-49)71(58-23-9-4-10-24-58)64-43-37-61(38-44-64)68(59-33-39-62(40-34-59)69(56-19-5-2-6-20-56)65-30-27-50-15-11-13-17-53(50)46-65)60-35-41-63(42-36-60)70(57-21-7-3-8-22-57)66-31-28-51-16-12-14-18-54(51)47-66/h2-27,29-44,46-49,51H,28,45H2,1H3. The van der Waals surface area contributed by atoms with Gasteiger partial charge >= 0.3 is 0 Å². The first-order chi connectivity index (χ1) is 35.1. The number of para-hydroxylation sites is 3. The first kappa shape index (κ1) is 43.4. The second-order valence-corrected chi connectivity index (χ2v) is 18.7. The van der Waals surface area contributed by atoms with Gasteiger partial charge in [-0.15, -0.1) is 0 Å². The monoisotopic (exact) mass is 914 g/mol. The van der Waals surface area contributed by atoms with Crippen LogP contribution in [0.15, 0.2) is 278 Å². The third-order valence-electron chi connectivity index (χ3n) is 14.0. The highest BCUT2D eigenvalue weighted by atomic mass is 15.2. The largest absolute Gasteiger partial charge is 0.311 e. The molecule has 0 aliphatic heterocycles. The zero-order chi connectivity index (χ0) is 47.5. The Morgan fingerprint density at radius 2 is 0.803 bits per heavy atom. The van der Waals surface area contributed by atoms with Crippen LogP contribution in [-0.2, 0) is 6.42 Å². The topological polar surface area (TPSA) is 13.0 Å². The highest BCUT2D eigenvalue weighted by molar-refractivity contribution is 5.90. The van der Waals surface area contributed by atoms with Gasteiger partial charge in [-0.3, -0.25) is 0 Å². The van der Waals surface area contributed by atoms with Crippen molar-refractivity contribution in [3.8, 4) is 0 Å². The number of hydrogen-bond donors (Lipinski definition) is 0. The van der Waals surface area contributed by atoms with E-state index in [2.05, 4.69) is 300 Å². The van der Waals surface area contributed by atoms with Crippen LogP contribution in [0.4, 0.5) is 62.6 Å². The molecule has 0 aromatic heterocycles. The highest BCUT2D eigenvalue weighted by Crippen LogP contribution is 2.44. The summed E-state index contributed by atoms with van der Waals surface area (Å²) < 4.78 is 0. The molecule has 12 rings (SSSR count). The van der Waals surface area contributed by atoms with Gasteiger partial charge < -0.3 is 19.6 Å². The van der Waals surface area contributed by atoms with Crippen LogP contribution in [0.1, 0.15) is 24.5 Å². The maximum absolute atomic E-state index is 2.38. The van der Waals surface area contributed by atoms with Crippen molar-refractivity contribution >= 4 is 79.4 Å². The van der Waals surface area contributed by atoms with Crippen molar-refractivity contribution in [3.63, 3.8) is 0 Å². The van der Waals surface area contributed by atoms with Gasteiger partial charge in [0.1, 0.15) is 0 Å². The molecule has 4 nitrogen and oxygen atoms in total. The molecule has 0 spiro atoms. The van der Waals surface area contributed by atoms with E-state index in [4.69, 9.17) is 0 Å². The number of rotatable bonds is 12. The van der Waals surface area contributed by atoms with Gasteiger partial charge in [0.05, 0.1) is 0 Å². The maximum Gasteiger partial charge on any atom is 0.0468 e. The van der Waals surface area contributed by atoms with E-state index in [9.17, 15) is 0 Å². The molecule has 2 unspecified atom stereocenters. The Morgan fingerprint density at radius 1 is 0.366 bits per heavy atom. The molecule has 3 aliphatic carbocycles. The average Bonchev–Trinajstić information content (AvgIpc) is 3.43. The number of hydrogen-bond acceptors (Lipinski definition) is 4. The van der Waals surface area contributed by atoms with Crippen LogP contribution in [-0.4, -0.2) is 0 Å². The molecule has 9 aromatic rings. The van der Waals surface area contributed by atoms with Gasteiger partial charge in [0.2, 0.25) is 0 Å². The van der Waals surface area contributed by atoms with E-state index in [1.807, 2.05) is 0 Å². The van der Waals surface area contributed by atoms with E-state index in [0.29, 0.717) is 11.8 Å². The number of anilines is 11. The minimum Gasteiger partial charge on any atom is -0.311 e. The Balaban J connectivity index is 0.947. The van der Waals surface area contributed by atoms with Crippen molar-refractivity contribution in [2.45, 2.75) is 19.8 Å². The molecule has 0 saturated carbocycles. The quantitative estimate of drug-likeness (QED) is 0.121. The predicted octanol–water partition coefficient (Wildman–Crippen LogP) is 18.5. The van der Waals surface area contributed by atoms with Crippen molar-refractivity contribution < 1.29 is 0 Å².